The predicted molar refractivity (Wildman–Crippen MR) is 66.4 cm³/mol. The monoisotopic (exact) mass is 303 g/mol. The van der Waals surface area contributed by atoms with E-state index in [4.69, 9.17) is 10.2 Å². The Hall–Kier alpha value is -1.68. The molecule has 1 fully saturated rings. The maximum Gasteiger partial charge on any atom is 0.313 e. The first-order chi connectivity index (χ1) is 8.97. The Bertz CT molecular complexity index is 532. The zero-order valence-electron chi connectivity index (χ0n) is 9.48. The first-order valence-corrected chi connectivity index (χ1v) is 6.99. The SMILES string of the molecule is O=C(O)CSc1nnc(N2CC(C(=O)O)CC2=O)s1. The highest BCUT2D eigenvalue weighted by atomic mass is 32.2. The average Bonchev–Trinajstić information content (AvgIpc) is 2.92. The molecule has 19 heavy (non-hydrogen) atoms. The number of hydrogen-bond acceptors (Lipinski definition) is 7. The summed E-state index contributed by atoms with van der Waals surface area (Å²) in [5, 5.41) is 25.3. The van der Waals surface area contributed by atoms with Crippen LogP contribution in [0.25, 0.3) is 0 Å². The second-order valence-corrected chi connectivity index (χ2v) is 5.96. The highest BCUT2D eigenvalue weighted by Crippen LogP contribution is 2.31. The van der Waals surface area contributed by atoms with Crippen LogP contribution in [0.2, 0.25) is 0 Å². The molecule has 2 rings (SSSR count). The molecule has 0 aromatic carbocycles. The van der Waals surface area contributed by atoms with Crippen molar-refractivity contribution in [3.8, 4) is 0 Å². The Labute approximate surface area is 115 Å². The molecule has 0 bridgehead atoms. The smallest absolute Gasteiger partial charge is 0.313 e. The first-order valence-electron chi connectivity index (χ1n) is 5.18. The standard InChI is InChI=1S/C9H9N3O5S2/c13-5-1-4(7(16)17)2-12(5)8-10-11-9(19-8)18-3-6(14)15/h4H,1-3H2,(H,14,15)(H,16,17). The first kappa shape index (κ1) is 13.7. The van der Waals surface area contributed by atoms with Crippen LogP contribution in [0.15, 0.2) is 4.34 Å². The summed E-state index contributed by atoms with van der Waals surface area (Å²) in [6.45, 7) is 0.0758. The van der Waals surface area contributed by atoms with Crippen molar-refractivity contribution in [2.24, 2.45) is 5.92 Å². The number of amides is 1. The van der Waals surface area contributed by atoms with Crippen LogP contribution < -0.4 is 4.90 Å². The van der Waals surface area contributed by atoms with Crippen LogP contribution in [0.3, 0.4) is 0 Å². The number of carboxylic acids is 2. The van der Waals surface area contributed by atoms with Gasteiger partial charge in [0.25, 0.3) is 0 Å². The lowest BCUT2D eigenvalue weighted by Crippen LogP contribution is -2.25. The number of hydrogen-bond donors (Lipinski definition) is 2. The van der Waals surface area contributed by atoms with E-state index in [9.17, 15) is 14.4 Å². The lowest BCUT2D eigenvalue weighted by atomic mass is 10.1. The Morgan fingerprint density at radius 2 is 2.16 bits per heavy atom. The number of rotatable bonds is 5. The van der Waals surface area contributed by atoms with Crippen molar-refractivity contribution in [2.75, 3.05) is 17.2 Å². The molecule has 0 aliphatic carbocycles. The number of anilines is 1. The normalized spacial score (nSPS) is 18.8. The van der Waals surface area contributed by atoms with Gasteiger partial charge in [-0.2, -0.15) is 0 Å². The number of carbonyl (C=O) groups excluding carboxylic acids is 1. The fourth-order valence-corrected chi connectivity index (χ4v) is 3.14. The van der Waals surface area contributed by atoms with Crippen LogP contribution >= 0.6 is 23.1 Å². The summed E-state index contributed by atoms with van der Waals surface area (Å²) in [7, 11) is 0. The van der Waals surface area contributed by atoms with Crippen LogP contribution in [0, 0.1) is 5.92 Å². The van der Waals surface area contributed by atoms with Gasteiger partial charge >= 0.3 is 11.9 Å². The Balaban J connectivity index is 2.04. The van der Waals surface area contributed by atoms with E-state index in [1.54, 1.807) is 0 Å². The second kappa shape index (κ2) is 5.53. The molecule has 1 aromatic heterocycles. The summed E-state index contributed by atoms with van der Waals surface area (Å²) in [6.07, 6.45) is -0.0491. The molecule has 8 nitrogen and oxygen atoms in total. The molecule has 1 atom stereocenters. The zero-order chi connectivity index (χ0) is 14.0. The number of aliphatic carboxylic acids is 2. The molecular formula is C9H9N3O5S2. The van der Waals surface area contributed by atoms with E-state index in [0.717, 1.165) is 23.1 Å². The van der Waals surface area contributed by atoms with Crippen LogP contribution in [0.4, 0.5) is 5.13 Å². The summed E-state index contributed by atoms with van der Waals surface area (Å²) in [6, 6.07) is 0. The topological polar surface area (TPSA) is 121 Å². The number of nitrogens with zero attached hydrogens (tertiary/aromatic N) is 3. The highest BCUT2D eigenvalue weighted by molar-refractivity contribution is 8.01. The van der Waals surface area contributed by atoms with Crippen LogP contribution in [-0.4, -0.2) is 50.6 Å². The predicted octanol–water partition coefficient (Wildman–Crippen LogP) is 0.152. The fraction of sp³-hybridized carbons (Fsp3) is 0.444. The van der Waals surface area contributed by atoms with Crippen molar-refractivity contribution in [3.05, 3.63) is 0 Å². The van der Waals surface area contributed by atoms with E-state index in [1.807, 2.05) is 0 Å². The number of thioether (sulfide) groups is 1. The third-order valence-electron chi connectivity index (χ3n) is 2.42. The molecule has 1 saturated heterocycles. The molecule has 2 heterocycles. The third kappa shape index (κ3) is 3.20. The van der Waals surface area contributed by atoms with Crippen molar-refractivity contribution < 1.29 is 24.6 Å². The van der Waals surface area contributed by atoms with Gasteiger partial charge in [0.2, 0.25) is 11.0 Å². The number of carbonyl (C=O) groups is 3. The van der Waals surface area contributed by atoms with Gasteiger partial charge < -0.3 is 10.2 Å². The minimum atomic E-state index is -1.01. The van der Waals surface area contributed by atoms with Gasteiger partial charge in [-0.25, -0.2) is 0 Å². The van der Waals surface area contributed by atoms with Gasteiger partial charge in [-0.3, -0.25) is 19.3 Å². The molecule has 1 amide bonds. The minimum absolute atomic E-state index is 0.0491. The third-order valence-corrected chi connectivity index (χ3v) is 4.48. The highest BCUT2D eigenvalue weighted by Gasteiger charge is 2.36. The molecule has 0 saturated carbocycles. The van der Waals surface area contributed by atoms with Gasteiger partial charge in [0.05, 0.1) is 11.7 Å². The van der Waals surface area contributed by atoms with Gasteiger partial charge in [-0.1, -0.05) is 23.1 Å². The quantitative estimate of drug-likeness (QED) is 0.582. The summed E-state index contributed by atoms with van der Waals surface area (Å²) < 4.78 is 0.434. The molecule has 0 radical (unpaired) electrons. The Morgan fingerprint density at radius 1 is 1.42 bits per heavy atom. The number of aromatic nitrogens is 2. The molecule has 1 aliphatic heterocycles. The summed E-state index contributed by atoms with van der Waals surface area (Å²) >= 11 is 2.09. The largest absolute Gasteiger partial charge is 0.481 e. The zero-order valence-corrected chi connectivity index (χ0v) is 11.1. The van der Waals surface area contributed by atoms with Crippen LogP contribution in [-0.2, 0) is 14.4 Å². The minimum Gasteiger partial charge on any atom is -0.481 e. The summed E-state index contributed by atoms with van der Waals surface area (Å²) in [4.78, 5) is 34.2. The summed E-state index contributed by atoms with van der Waals surface area (Å²) in [5.74, 6) is -3.16. The average molecular weight is 303 g/mol. The van der Waals surface area contributed by atoms with E-state index < -0.39 is 17.9 Å². The molecule has 0 spiro atoms. The molecular weight excluding hydrogens is 294 g/mol. The van der Waals surface area contributed by atoms with Crippen molar-refractivity contribution in [1.29, 1.82) is 0 Å². The van der Waals surface area contributed by atoms with E-state index >= 15 is 0 Å². The van der Waals surface area contributed by atoms with Crippen LogP contribution in [0.1, 0.15) is 6.42 Å². The molecule has 1 unspecified atom stereocenters. The van der Waals surface area contributed by atoms with E-state index in [-0.39, 0.29) is 24.6 Å². The van der Waals surface area contributed by atoms with Crippen molar-refractivity contribution in [3.63, 3.8) is 0 Å². The van der Waals surface area contributed by atoms with Gasteiger partial charge in [0, 0.05) is 13.0 Å². The second-order valence-electron chi connectivity index (χ2n) is 3.78. The molecule has 2 N–H and O–H groups in total. The van der Waals surface area contributed by atoms with Gasteiger partial charge in [0.1, 0.15) is 0 Å². The number of carboxylic acid groups (broad SMARTS) is 2. The van der Waals surface area contributed by atoms with Gasteiger partial charge in [-0.05, 0) is 0 Å². The van der Waals surface area contributed by atoms with Crippen molar-refractivity contribution >= 4 is 46.1 Å². The van der Waals surface area contributed by atoms with Gasteiger partial charge in [-0.15, -0.1) is 10.2 Å². The van der Waals surface area contributed by atoms with Gasteiger partial charge in [0.15, 0.2) is 4.34 Å². The molecule has 1 aromatic rings. The maximum absolute atomic E-state index is 11.7. The fourth-order valence-electron chi connectivity index (χ4n) is 1.55. The van der Waals surface area contributed by atoms with E-state index in [0.29, 0.717) is 9.47 Å². The molecule has 1 aliphatic rings. The maximum atomic E-state index is 11.7. The lowest BCUT2D eigenvalue weighted by molar-refractivity contribution is -0.141. The summed E-state index contributed by atoms with van der Waals surface area (Å²) in [5.41, 5.74) is 0. The lowest BCUT2D eigenvalue weighted by Gasteiger charge is -2.10. The Morgan fingerprint density at radius 3 is 2.74 bits per heavy atom. The van der Waals surface area contributed by atoms with E-state index in [1.165, 1.54) is 4.90 Å². The van der Waals surface area contributed by atoms with Crippen LogP contribution in [0.5, 0.6) is 0 Å². The van der Waals surface area contributed by atoms with E-state index in [2.05, 4.69) is 10.2 Å². The van der Waals surface area contributed by atoms with Crippen molar-refractivity contribution in [1.82, 2.24) is 10.2 Å². The Kier molecular flexibility index (Phi) is 4.00. The molecule has 102 valence electrons. The van der Waals surface area contributed by atoms with Crippen molar-refractivity contribution in [2.45, 2.75) is 10.8 Å². The molecule has 10 heteroatoms.